The fourth-order valence-electron chi connectivity index (χ4n) is 6.02. The molecule has 4 aliphatic rings. The third-order valence-corrected chi connectivity index (χ3v) is 4.91. The Hall–Kier alpha value is 0. The lowest BCUT2D eigenvalue weighted by atomic mass is 9.41. The SMILES string of the molecule is CC12CC3CC(C)(C1)CC(C)(C3)C2. The molecule has 4 aliphatic carbocycles. The van der Waals surface area contributed by atoms with Gasteiger partial charge < -0.3 is 0 Å². The Balaban J connectivity index is 2.03. The lowest BCUT2D eigenvalue weighted by molar-refractivity contribution is -0.136. The van der Waals surface area contributed by atoms with Gasteiger partial charge in [0.1, 0.15) is 0 Å². The maximum Gasteiger partial charge on any atom is -0.0313 e. The van der Waals surface area contributed by atoms with E-state index >= 15 is 0 Å². The van der Waals surface area contributed by atoms with Crippen LogP contribution in [-0.2, 0) is 0 Å². The van der Waals surface area contributed by atoms with E-state index in [1.165, 1.54) is 38.5 Å². The van der Waals surface area contributed by atoms with E-state index in [1.807, 2.05) is 0 Å². The number of hydrogen-bond acceptors (Lipinski definition) is 0. The zero-order valence-electron chi connectivity index (χ0n) is 9.32. The fourth-order valence-corrected chi connectivity index (χ4v) is 6.02. The topological polar surface area (TPSA) is 0 Å². The molecule has 0 aromatic rings. The minimum atomic E-state index is 0.725. The molecule has 0 nitrogen and oxygen atoms in total. The van der Waals surface area contributed by atoms with Gasteiger partial charge in [0.15, 0.2) is 0 Å². The van der Waals surface area contributed by atoms with Crippen LogP contribution in [-0.4, -0.2) is 0 Å². The zero-order chi connectivity index (χ0) is 9.32. The third kappa shape index (κ3) is 1.10. The van der Waals surface area contributed by atoms with E-state index in [0.29, 0.717) is 0 Å². The lowest BCUT2D eigenvalue weighted by Crippen LogP contribution is -2.53. The van der Waals surface area contributed by atoms with Crippen molar-refractivity contribution in [2.45, 2.75) is 59.3 Å². The summed E-state index contributed by atoms with van der Waals surface area (Å²) in [7, 11) is 0. The summed E-state index contributed by atoms with van der Waals surface area (Å²) >= 11 is 0. The molecule has 0 aromatic heterocycles. The van der Waals surface area contributed by atoms with E-state index in [1.54, 1.807) is 0 Å². The van der Waals surface area contributed by atoms with Crippen LogP contribution in [0.3, 0.4) is 0 Å². The van der Waals surface area contributed by atoms with Crippen molar-refractivity contribution in [2.75, 3.05) is 0 Å². The van der Waals surface area contributed by atoms with Gasteiger partial charge in [0.2, 0.25) is 0 Å². The van der Waals surface area contributed by atoms with Crippen molar-refractivity contribution in [1.29, 1.82) is 0 Å². The molecule has 0 amide bonds. The Morgan fingerprint density at radius 1 is 0.692 bits per heavy atom. The van der Waals surface area contributed by atoms with E-state index in [2.05, 4.69) is 20.8 Å². The van der Waals surface area contributed by atoms with E-state index in [9.17, 15) is 0 Å². The van der Waals surface area contributed by atoms with E-state index in [4.69, 9.17) is 0 Å². The summed E-state index contributed by atoms with van der Waals surface area (Å²) in [5.41, 5.74) is 2.18. The quantitative estimate of drug-likeness (QED) is 0.526. The normalized spacial score (nSPS) is 64.4. The Morgan fingerprint density at radius 2 is 1.00 bits per heavy atom. The Bertz CT molecular complexity index is 202. The highest BCUT2D eigenvalue weighted by Crippen LogP contribution is 2.69. The predicted molar refractivity (Wildman–Crippen MR) is 55.5 cm³/mol. The monoisotopic (exact) mass is 178 g/mol. The first kappa shape index (κ1) is 8.32. The third-order valence-electron chi connectivity index (χ3n) is 4.91. The van der Waals surface area contributed by atoms with Crippen LogP contribution in [0.1, 0.15) is 59.3 Å². The van der Waals surface area contributed by atoms with Crippen LogP contribution in [0.15, 0.2) is 0 Å². The van der Waals surface area contributed by atoms with Crippen molar-refractivity contribution in [3.8, 4) is 0 Å². The molecule has 0 N–H and O–H groups in total. The molecule has 0 spiro atoms. The molecule has 0 heteroatoms. The van der Waals surface area contributed by atoms with Crippen molar-refractivity contribution in [2.24, 2.45) is 22.2 Å². The van der Waals surface area contributed by atoms with Gasteiger partial charge in [-0.1, -0.05) is 20.8 Å². The van der Waals surface area contributed by atoms with Gasteiger partial charge in [-0.2, -0.15) is 0 Å². The Kier molecular flexibility index (Phi) is 1.27. The van der Waals surface area contributed by atoms with Gasteiger partial charge in [-0.05, 0) is 60.7 Å². The molecule has 74 valence electrons. The van der Waals surface area contributed by atoms with Crippen LogP contribution in [0.5, 0.6) is 0 Å². The van der Waals surface area contributed by atoms with E-state index in [-0.39, 0.29) is 0 Å². The van der Waals surface area contributed by atoms with E-state index < -0.39 is 0 Å². The summed E-state index contributed by atoms with van der Waals surface area (Å²) in [4.78, 5) is 0. The number of rotatable bonds is 0. The van der Waals surface area contributed by atoms with Gasteiger partial charge in [0.25, 0.3) is 0 Å². The second-order valence-corrected chi connectivity index (χ2v) is 7.44. The van der Waals surface area contributed by atoms with Gasteiger partial charge in [0, 0.05) is 0 Å². The van der Waals surface area contributed by atoms with Crippen molar-refractivity contribution in [1.82, 2.24) is 0 Å². The first-order chi connectivity index (χ1) is 5.91. The smallest absolute Gasteiger partial charge is 0.0313 e. The molecule has 4 saturated carbocycles. The summed E-state index contributed by atoms with van der Waals surface area (Å²) in [6, 6.07) is 0. The molecular formula is C13H22. The van der Waals surface area contributed by atoms with Crippen molar-refractivity contribution >= 4 is 0 Å². The average molecular weight is 178 g/mol. The zero-order valence-corrected chi connectivity index (χ0v) is 9.32. The maximum atomic E-state index is 2.55. The van der Waals surface area contributed by atoms with Crippen LogP contribution < -0.4 is 0 Å². The second-order valence-electron chi connectivity index (χ2n) is 7.44. The highest BCUT2D eigenvalue weighted by Gasteiger charge is 2.58. The Labute approximate surface area is 82.1 Å². The van der Waals surface area contributed by atoms with Crippen LogP contribution in [0.2, 0.25) is 0 Å². The molecule has 13 heavy (non-hydrogen) atoms. The lowest BCUT2D eigenvalue weighted by Gasteiger charge is -2.64. The summed E-state index contributed by atoms with van der Waals surface area (Å²) < 4.78 is 0. The standard InChI is InChI=1S/C13H22/c1-11-4-10-5-12(2,7-11)9-13(3,6-10)8-11/h10H,4-9H2,1-3H3. The molecule has 0 radical (unpaired) electrons. The van der Waals surface area contributed by atoms with Gasteiger partial charge in [-0.3, -0.25) is 0 Å². The molecular weight excluding hydrogens is 156 g/mol. The first-order valence-corrected chi connectivity index (χ1v) is 5.91. The molecule has 0 aliphatic heterocycles. The molecule has 0 heterocycles. The summed E-state index contributed by atoms with van der Waals surface area (Å²) in [6.45, 7) is 7.65. The van der Waals surface area contributed by atoms with E-state index in [0.717, 1.165) is 22.2 Å². The van der Waals surface area contributed by atoms with Crippen LogP contribution in [0, 0.1) is 22.2 Å². The van der Waals surface area contributed by atoms with Crippen molar-refractivity contribution in [3.63, 3.8) is 0 Å². The van der Waals surface area contributed by atoms with Gasteiger partial charge in [-0.15, -0.1) is 0 Å². The minimum absolute atomic E-state index is 0.725. The highest BCUT2D eigenvalue weighted by molar-refractivity contribution is 5.08. The largest absolute Gasteiger partial charge is 0.0596 e. The number of hydrogen-bond donors (Lipinski definition) is 0. The molecule has 0 aromatic carbocycles. The Morgan fingerprint density at radius 3 is 1.23 bits per heavy atom. The summed E-state index contributed by atoms with van der Waals surface area (Å²) in [5, 5.41) is 0. The maximum absolute atomic E-state index is 2.55. The van der Waals surface area contributed by atoms with Crippen LogP contribution >= 0.6 is 0 Å². The highest BCUT2D eigenvalue weighted by atomic mass is 14.6. The van der Waals surface area contributed by atoms with Gasteiger partial charge in [-0.25, -0.2) is 0 Å². The van der Waals surface area contributed by atoms with Crippen LogP contribution in [0.25, 0.3) is 0 Å². The minimum Gasteiger partial charge on any atom is -0.0596 e. The van der Waals surface area contributed by atoms with Gasteiger partial charge >= 0.3 is 0 Å². The average Bonchev–Trinajstić information content (AvgIpc) is 1.71. The molecule has 0 unspecified atom stereocenters. The molecule has 0 atom stereocenters. The predicted octanol–water partition coefficient (Wildman–Crippen LogP) is 4.00. The van der Waals surface area contributed by atoms with Gasteiger partial charge in [0.05, 0.1) is 0 Å². The first-order valence-electron chi connectivity index (χ1n) is 5.91. The molecule has 0 saturated heterocycles. The second kappa shape index (κ2) is 1.99. The summed E-state index contributed by atoms with van der Waals surface area (Å²) in [6.07, 6.45) is 9.18. The van der Waals surface area contributed by atoms with Crippen molar-refractivity contribution < 1.29 is 0 Å². The molecule has 4 rings (SSSR count). The van der Waals surface area contributed by atoms with Crippen LogP contribution in [0.4, 0.5) is 0 Å². The van der Waals surface area contributed by atoms with Crippen molar-refractivity contribution in [3.05, 3.63) is 0 Å². The summed E-state index contributed by atoms with van der Waals surface area (Å²) in [5.74, 6) is 1.08. The molecule has 4 bridgehead atoms. The fraction of sp³-hybridized carbons (Fsp3) is 1.00. The molecule has 4 fully saturated rings.